The highest BCUT2D eigenvalue weighted by atomic mass is 32.1. The number of nitriles is 1. The third kappa shape index (κ3) is 1.87. The van der Waals surface area contributed by atoms with E-state index < -0.39 is 0 Å². The molecule has 17 heavy (non-hydrogen) atoms. The zero-order valence-electron chi connectivity index (χ0n) is 9.73. The molecule has 2 aromatic rings. The zero-order valence-corrected chi connectivity index (χ0v) is 10.6. The number of rotatable bonds is 2. The lowest BCUT2D eigenvalue weighted by Crippen LogP contribution is -2.00. The molecule has 1 nitrogen and oxygen atoms in total. The summed E-state index contributed by atoms with van der Waals surface area (Å²) in [5.74, 6) is 0. The molecule has 0 amide bonds. The van der Waals surface area contributed by atoms with Crippen LogP contribution in [0, 0.1) is 11.3 Å². The maximum absolute atomic E-state index is 9.12. The molecule has 0 N–H and O–H groups in total. The fourth-order valence-electron chi connectivity index (χ4n) is 2.10. The van der Waals surface area contributed by atoms with Crippen molar-refractivity contribution in [2.45, 2.75) is 25.2 Å². The molecule has 1 heterocycles. The van der Waals surface area contributed by atoms with Crippen molar-refractivity contribution in [1.82, 2.24) is 0 Å². The van der Waals surface area contributed by atoms with Crippen LogP contribution in [0.2, 0.25) is 0 Å². The van der Waals surface area contributed by atoms with E-state index in [1.165, 1.54) is 28.8 Å². The van der Waals surface area contributed by atoms with Crippen LogP contribution >= 0.6 is 11.3 Å². The molecule has 1 aliphatic carbocycles. The quantitative estimate of drug-likeness (QED) is 0.764. The van der Waals surface area contributed by atoms with Gasteiger partial charge in [0.1, 0.15) is 0 Å². The van der Waals surface area contributed by atoms with E-state index in [1.54, 1.807) is 11.3 Å². The van der Waals surface area contributed by atoms with Crippen LogP contribution in [-0.2, 0) is 5.41 Å². The van der Waals surface area contributed by atoms with Crippen LogP contribution in [0.15, 0.2) is 35.7 Å². The summed E-state index contributed by atoms with van der Waals surface area (Å²) in [6, 6.07) is 12.7. The van der Waals surface area contributed by atoms with Gasteiger partial charge in [-0.15, -0.1) is 11.3 Å². The minimum Gasteiger partial charge on any atom is -0.192 e. The lowest BCUT2D eigenvalue weighted by molar-refractivity contribution is 0.788. The lowest BCUT2D eigenvalue weighted by atomic mass is 9.94. The van der Waals surface area contributed by atoms with Crippen molar-refractivity contribution < 1.29 is 0 Å². The maximum Gasteiger partial charge on any atom is 0.0991 e. The number of hydrogen-bond acceptors (Lipinski definition) is 2. The molecule has 2 heteroatoms. The summed E-state index contributed by atoms with van der Waals surface area (Å²) in [5.41, 5.74) is 3.60. The summed E-state index contributed by atoms with van der Waals surface area (Å²) >= 11 is 1.73. The van der Waals surface area contributed by atoms with Gasteiger partial charge >= 0.3 is 0 Å². The van der Waals surface area contributed by atoms with E-state index in [2.05, 4.69) is 36.6 Å². The van der Waals surface area contributed by atoms with Gasteiger partial charge in [0.05, 0.1) is 11.6 Å². The van der Waals surface area contributed by atoms with E-state index in [1.807, 2.05) is 12.1 Å². The molecular formula is C15H13NS. The van der Waals surface area contributed by atoms with Gasteiger partial charge in [-0.3, -0.25) is 0 Å². The average Bonchev–Trinajstić information content (AvgIpc) is 2.91. The largest absolute Gasteiger partial charge is 0.192 e. The van der Waals surface area contributed by atoms with Crippen LogP contribution < -0.4 is 0 Å². The molecule has 0 radical (unpaired) electrons. The van der Waals surface area contributed by atoms with Gasteiger partial charge in [0.15, 0.2) is 0 Å². The van der Waals surface area contributed by atoms with E-state index >= 15 is 0 Å². The first-order valence-corrected chi connectivity index (χ1v) is 6.69. The van der Waals surface area contributed by atoms with Crippen LogP contribution in [0.1, 0.15) is 30.9 Å². The summed E-state index contributed by atoms with van der Waals surface area (Å²) in [5, 5.41) is 11.2. The predicted octanol–water partition coefficient (Wildman–Crippen LogP) is 4.34. The Morgan fingerprint density at radius 1 is 1.29 bits per heavy atom. The molecular weight excluding hydrogens is 226 g/mol. The first-order valence-electron chi connectivity index (χ1n) is 5.81. The van der Waals surface area contributed by atoms with E-state index in [0.29, 0.717) is 5.41 Å². The summed E-state index contributed by atoms with van der Waals surface area (Å²) in [4.78, 5) is 1.24. The monoisotopic (exact) mass is 239 g/mol. The Hall–Kier alpha value is -1.59. The molecule has 84 valence electrons. The third-order valence-electron chi connectivity index (χ3n) is 3.56. The summed E-state index contributed by atoms with van der Waals surface area (Å²) in [6.45, 7) is 2.28. The van der Waals surface area contributed by atoms with Crippen molar-refractivity contribution in [3.63, 3.8) is 0 Å². The second-order valence-electron chi connectivity index (χ2n) is 4.95. The Balaban J connectivity index is 2.14. The highest BCUT2D eigenvalue weighted by Crippen LogP contribution is 2.48. The van der Waals surface area contributed by atoms with Crippen molar-refractivity contribution in [3.8, 4) is 16.5 Å². The second kappa shape index (κ2) is 3.72. The van der Waals surface area contributed by atoms with Crippen LogP contribution in [0.5, 0.6) is 0 Å². The molecule has 0 saturated heterocycles. The molecule has 1 saturated carbocycles. The third-order valence-corrected chi connectivity index (χ3v) is 4.48. The highest BCUT2D eigenvalue weighted by Gasteiger charge is 2.39. The number of benzene rings is 1. The molecule has 1 aromatic carbocycles. The standard InChI is InChI=1S/C15H13NS/c1-15(4-5-15)13-8-11(10-16)7-12(9-13)14-3-2-6-17-14/h2-3,6-9H,4-5H2,1H3. The maximum atomic E-state index is 9.12. The van der Waals surface area contributed by atoms with Crippen molar-refractivity contribution in [1.29, 1.82) is 5.26 Å². The van der Waals surface area contributed by atoms with Gasteiger partial charge in [0.25, 0.3) is 0 Å². The average molecular weight is 239 g/mol. The Labute approximate surface area is 105 Å². The summed E-state index contributed by atoms with van der Waals surface area (Å²) in [7, 11) is 0. The molecule has 1 fully saturated rings. The Morgan fingerprint density at radius 3 is 2.71 bits per heavy atom. The fraction of sp³-hybridized carbons (Fsp3) is 0.267. The molecule has 1 aliphatic rings. The van der Waals surface area contributed by atoms with Crippen molar-refractivity contribution in [2.24, 2.45) is 0 Å². The highest BCUT2D eigenvalue weighted by molar-refractivity contribution is 7.13. The topological polar surface area (TPSA) is 23.8 Å². The van der Waals surface area contributed by atoms with Crippen molar-refractivity contribution in [3.05, 3.63) is 46.8 Å². The van der Waals surface area contributed by atoms with E-state index in [-0.39, 0.29) is 0 Å². The van der Waals surface area contributed by atoms with E-state index in [0.717, 1.165) is 5.56 Å². The molecule has 1 aromatic heterocycles. The van der Waals surface area contributed by atoms with Gasteiger partial charge in [-0.1, -0.05) is 13.0 Å². The predicted molar refractivity (Wildman–Crippen MR) is 71.1 cm³/mol. The summed E-state index contributed by atoms with van der Waals surface area (Å²) in [6.07, 6.45) is 2.48. The van der Waals surface area contributed by atoms with Crippen LogP contribution in [0.4, 0.5) is 0 Å². The molecule has 0 spiro atoms. The first kappa shape index (κ1) is 10.6. The Morgan fingerprint density at radius 2 is 2.12 bits per heavy atom. The molecule has 0 unspecified atom stereocenters. The number of thiophene rings is 1. The van der Waals surface area contributed by atoms with Crippen LogP contribution in [0.25, 0.3) is 10.4 Å². The first-order chi connectivity index (χ1) is 8.21. The van der Waals surface area contributed by atoms with Gasteiger partial charge in [0, 0.05) is 4.88 Å². The minimum absolute atomic E-state index is 0.318. The van der Waals surface area contributed by atoms with Gasteiger partial charge in [0.2, 0.25) is 0 Å². The Kier molecular flexibility index (Phi) is 2.31. The second-order valence-corrected chi connectivity index (χ2v) is 5.90. The van der Waals surface area contributed by atoms with Gasteiger partial charge in [-0.05, 0) is 59.0 Å². The van der Waals surface area contributed by atoms with E-state index in [4.69, 9.17) is 5.26 Å². The summed E-state index contributed by atoms with van der Waals surface area (Å²) < 4.78 is 0. The molecule has 0 atom stereocenters. The lowest BCUT2D eigenvalue weighted by Gasteiger charge is -2.11. The van der Waals surface area contributed by atoms with Gasteiger partial charge < -0.3 is 0 Å². The number of nitrogens with zero attached hydrogens (tertiary/aromatic N) is 1. The SMILES string of the molecule is CC1(c2cc(C#N)cc(-c3cccs3)c2)CC1. The molecule has 0 aliphatic heterocycles. The van der Waals surface area contributed by atoms with Gasteiger partial charge in [-0.25, -0.2) is 0 Å². The Bertz CT molecular complexity index is 586. The molecule has 3 rings (SSSR count). The van der Waals surface area contributed by atoms with Gasteiger partial charge in [-0.2, -0.15) is 5.26 Å². The minimum atomic E-state index is 0.318. The number of hydrogen-bond donors (Lipinski definition) is 0. The van der Waals surface area contributed by atoms with Crippen molar-refractivity contribution >= 4 is 11.3 Å². The molecule has 0 bridgehead atoms. The van der Waals surface area contributed by atoms with E-state index in [9.17, 15) is 0 Å². The van der Waals surface area contributed by atoms with Crippen molar-refractivity contribution in [2.75, 3.05) is 0 Å². The fourth-order valence-corrected chi connectivity index (χ4v) is 2.82. The van der Waals surface area contributed by atoms with Crippen LogP contribution in [-0.4, -0.2) is 0 Å². The smallest absolute Gasteiger partial charge is 0.0991 e. The zero-order chi connectivity index (χ0) is 11.9. The normalized spacial score (nSPS) is 16.5. The van der Waals surface area contributed by atoms with Crippen LogP contribution in [0.3, 0.4) is 0 Å².